The number of nitrogens with one attached hydrogen (secondary N) is 1. The number of hydrogen-bond acceptors (Lipinski definition) is 4. The van der Waals surface area contributed by atoms with Crippen LogP contribution in [0.15, 0.2) is 77.7 Å². The molecule has 0 aliphatic rings. The van der Waals surface area contributed by atoms with E-state index < -0.39 is 15.9 Å². The van der Waals surface area contributed by atoms with Crippen molar-refractivity contribution >= 4 is 33.2 Å². The molecule has 0 radical (unpaired) electrons. The van der Waals surface area contributed by atoms with Gasteiger partial charge in [-0.1, -0.05) is 35.9 Å². The van der Waals surface area contributed by atoms with Gasteiger partial charge in [-0.3, -0.25) is 4.79 Å². The number of halogens is 1. The number of methoxy groups -OCH3 is 1. The molecule has 3 rings (SSSR count). The molecule has 3 aromatic rings. The monoisotopic (exact) mass is 458 g/mol. The average Bonchev–Trinajstić information content (AvgIpc) is 2.75. The zero-order valence-electron chi connectivity index (χ0n) is 17.2. The number of carbonyl (C=O) groups excluding carboxylic acids is 1. The van der Waals surface area contributed by atoms with E-state index in [9.17, 15) is 13.2 Å². The average molecular weight is 459 g/mol. The summed E-state index contributed by atoms with van der Waals surface area (Å²) in [5.41, 5.74) is 2.30. The zero-order valence-corrected chi connectivity index (χ0v) is 18.8. The van der Waals surface area contributed by atoms with E-state index in [4.69, 9.17) is 16.3 Å². The molecule has 0 atom stereocenters. The number of carbonyl (C=O) groups is 1. The van der Waals surface area contributed by atoms with Crippen LogP contribution in [0, 0.1) is 6.92 Å². The number of benzene rings is 3. The zero-order chi connectivity index (χ0) is 22.4. The summed E-state index contributed by atoms with van der Waals surface area (Å²) in [6, 6.07) is 20.2. The minimum atomic E-state index is -3.94. The Bertz CT molecular complexity index is 1150. The van der Waals surface area contributed by atoms with Crippen LogP contribution in [0.4, 0.5) is 5.69 Å². The number of rotatable bonds is 8. The number of nitrogens with zero attached hydrogens (tertiary/aromatic N) is 1. The highest BCUT2D eigenvalue weighted by atomic mass is 35.5. The summed E-state index contributed by atoms with van der Waals surface area (Å²) in [7, 11) is -2.38. The largest absolute Gasteiger partial charge is 0.497 e. The molecule has 0 fully saturated rings. The van der Waals surface area contributed by atoms with E-state index in [1.165, 1.54) is 24.3 Å². The lowest BCUT2D eigenvalue weighted by Gasteiger charge is -2.23. The normalized spacial score (nSPS) is 11.4. The molecule has 0 saturated heterocycles. The SMILES string of the molecule is COc1ccc(NC(=O)CN(Cc2ccccc2C)S(=O)(=O)c2ccc(Cl)cc2)cc1. The van der Waals surface area contributed by atoms with Crippen LogP contribution in [0.5, 0.6) is 5.75 Å². The van der Waals surface area contributed by atoms with Crippen molar-refractivity contribution in [3.05, 3.63) is 88.9 Å². The summed E-state index contributed by atoms with van der Waals surface area (Å²) >= 11 is 5.91. The first-order valence-electron chi connectivity index (χ1n) is 9.54. The second kappa shape index (κ2) is 9.96. The van der Waals surface area contributed by atoms with Crippen molar-refractivity contribution in [1.29, 1.82) is 0 Å². The first kappa shape index (κ1) is 22.8. The van der Waals surface area contributed by atoms with Gasteiger partial charge < -0.3 is 10.1 Å². The molecular formula is C23H23ClN2O4S. The maximum absolute atomic E-state index is 13.3. The van der Waals surface area contributed by atoms with E-state index in [0.717, 1.165) is 15.4 Å². The fourth-order valence-corrected chi connectivity index (χ4v) is 4.49. The van der Waals surface area contributed by atoms with Crippen molar-refractivity contribution in [2.75, 3.05) is 19.0 Å². The minimum absolute atomic E-state index is 0.0632. The lowest BCUT2D eigenvalue weighted by Crippen LogP contribution is -2.37. The van der Waals surface area contributed by atoms with Crippen LogP contribution in [0.1, 0.15) is 11.1 Å². The molecule has 0 heterocycles. The smallest absolute Gasteiger partial charge is 0.243 e. The van der Waals surface area contributed by atoms with Crippen LogP contribution in [0.3, 0.4) is 0 Å². The van der Waals surface area contributed by atoms with Gasteiger partial charge >= 0.3 is 0 Å². The molecular weight excluding hydrogens is 436 g/mol. The van der Waals surface area contributed by atoms with Gasteiger partial charge in [-0.05, 0) is 66.6 Å². The molecule has 0 aliphatic carbocycles. The summed E-state index contributed by atoms with van der Waals surface area (Å²) < 4.78 is 32.9. The second-order valence-corrected chi connectivity index (χ2v) is 9.30. The molecule has 0 unspecified atom stereocenters. The van der Waals surface area contributed by atoms with Gasteiger partial charge in [0.1, 0.15) is 5.75 Å². The Morgan fingerprint density at radius 2 is 1.65 bits per heavy atom. The first-order valence-corrected chi connectivity index (χ1v) is 11.4. The minimum Gasteiger partial charge on any atom is -0.497 e. The molecule has 1 amide bonds. The van der Waals surface area contributed by atoms with Crippen molar-refractivity contribution in [3.8, 4) is 5.75 Å². The van der Waals surface area contributed by atoms with Gasteiger partial charge in [-0.2, -0.15) is 4.31 Å². The third-order valence-electron chi connectivity index (χ3n) is 4.75. The molecule has 162 valence electrons. The number of sulfonamides is 1. The highest BCUT2D eigenvalue weighted by Gasteiger charge is 2.27. The lowest BCUT2D eigenvalue weighted by molar-refractivity contribution is -0.116. The summed E-state index contributed by atoms with van der Waals surface area (Å²) in [4.78, 5) is 12.8. The fourth-order valence-electron chi connectivity index (χ4n) is 2.99. The summed E-state index contributed by atoms with van der Waals surface area (Å²) in [6.45, 7) is 1.62. The molecule has 1 N–H and O–H groups in total. The number of anilines is 1. The Kier molecular flexibility index (Phi) is 7.33. The van der Waals surface area contributed by atoms with Gasteiger partial charge in [0.15, 0.2) is 0 Å². The second-order valence-electron chi connectivity index (χ2n) is 6.93. The van der Waals surface area contributed by atoms with Gasteiger partial charge in [0, 0.05) is 17.3 Å². The molecule has 0 spiro atoms. The van der Waals surface area contributed by atoms with Crippen LogP contribution >= 0.6 is 11.6 Å². The summed E-state index contributed by atoms with van der Waals surface area (Å²) in [6.07, 6.45) is 0. The van der Waals surface area contributed by atoms with E-state index >= 15 is 0 Å². The third-order valence-corrected chi connectivity index (χ3v) is 6.81. The van der Waals surface area contributed by atoms with Crippen LogP contribution < -0.4 is 10.1 Å². The Balaban J connectivity index is 1.86. The predicted octanol–water partition coefficient (Wildman–Crippen LogP) is 4.49. The van der Waals surface area contributed by atoms with Gasteiger partial charge in [0.25, 0.3) is 0 Å². The quantitative estimate of drug-likeness (QED) is 0.539. The van der Waals surface area contributed by atoms with Gasteiger partial charge in [0.2, 0.25) is 15.9 Å². The molecule has 31 heavy (non-hydrogen) atoms. The van der Waals surface area contributed by atoms with Crippen molar-refractivity contribution in [3.63, 3.8) is 0 Å². The molecule has 8 heteroatoms. The van der Waals surface area contributed by atoms with Crippen LogP contribution in [-0.2, 0) is 21.4 Å². The Hall–Kier alpha value is -2.87. The summed E-state index contributed by atoms with van der Waals surface area (Å²) in [5.74, 6) is 0.209. The van der Waals surface area contributed by atoms with E-state index in [-0.39, 0.29) is 18.0 Å². The van der Waals surface area contributed by atoms with Gasteiger partial charge in [0.05, 0.1) is 18.6 Å². The predicted molar refractivity (Wildman–Crippen MR) is 122 cm³/mol. The molecule has 6 nitrogen and oxygen atoms in total. The Labute approximate surface area is 187 Å². The van der Waals surface area contributed by atoms with Crippen molar-refractivity contribution in [2.24, 2.45) is 0 Å². The van der Waals surface area contributed by atoms with E-state index in [0.29, 0.717) is 16.5 Å². The lowest BCUT2D eigenvalue weighted by atomic mass is 10.1. The Morgan fingerprint density at radius 3 is 2.26 bits per heavy atom. The number of aryl methyl sites for hydroxylation is 1. The molecule has 0 aromatic heterocycles. The number of amides is 1. The highest BCUT2D eigenvalue weighted by molar-refractivity contribution is 7.89. The first-order chi connectivity index (χ1) is 14.8. The molecule has 0 aliphatic heterocycles. The van der Waals surface area contributed by atoms with Crippen molar-refractivity contribution in [1.82, 2.24) is 4.31 Å². The number of hydrogen-bond donors (Lipinski definition) is 1. The highest BCUT2D eigenvalue weighted by Crippen LogP contribution is 2.22. The van der Waals surface area contributed by atoms with Crippen molar-refractivity contribution < 1.29 is 17.9 Å². The van der Waals surface area contributed by atoms with E-state index in [1.807, 2.05) is 31.2 Å². The third kappa shape index (κ3) is 5.85. The van der Waals surface area contributed by atoms with Gasteiger partial charge in [-0.15, -0.1) is 0 Å². The van der Waals surface area contributed by atoms with E-state index in [2.05, 4.69) is 5.32 Å². The summed E-state index contributed by atoms with van der Waals surface area (Å²) in [5, 5.41) is 3.17. The molecule has 0 bridgehead atoms. The molecule has 0 saturated carbocycles. The Morgan fingerprint density at radius 1 is 1.00 bits per heavy atom. The number of ether oxygens (including phenoxy) is 1. The molecule has 3 aromatic carbocycles. The van der Waals surface area contributed by atoms with E-state index in [1.54, 1.807) is 31.4 Å². The van der Waals surface area contributed by atoms with Crippen molar-refractivity contribution in [2.45, 2.75) is 18.4 Å². The van der Waals surface area contributed by atoms with Crippen LogP contribution in [-0.4, -0.2) is 32.3 Å². The fraction of sp³-hybridized carbons (Fsp3) is 0.174. The van der Waals surface area contributed by atoms with Gasteiger partial charge in [-0.25, -0.2) is 8.42 Å². The maximum atomic E-state index is 13.3. The van der Waals surface area contributed by atoms with Crippen LogP contribution in [0.25, 0.3) is 0 Å². The topological polar surface area (TPSA) is 75.7 Å². The standard InChI is InChI=1S/C23H23ClN2O4S/c1-17-5-3-4-6-18(17)15-26(31(28,29)22-13-7-19(24)8-14-22)16-23(27)25-20-9-11-21(30-2)12-10-20/h3-14H,15-16H2,1-2H3,(H,25,27). The maximum Gasteiger partial charge on any atom is 0.243 e. The van der Waals surface area contributed by atoms with Crippen LogP contribution in [0.2, 0.25) is 5.02 Å².